The number of hydrogen-bond donors (Lipinski definition) is 0. The van der Waals surface area contributed by atoms with Gasteiger partial charge in [-0.15, -0.1) is 11.8 Å². The monoisotopic (exact) mass is 372 g/mol. The van der Waals surface area contributed by atoms with E-state index in [1.807, 2.05) is 29.8 Å². The summed E-state index contributed by atoms with van der Waals surface area (Å²) in [4.78, 5) is 18.4. The Bertz CT molecular complexity index is 956. The molecule has 0 saturated heterocycles. The first kappa shape index (κ1) is 17.8. The Morgan fingerprint density at radius 3 is 2.72 bits per heavy atom. The van der Waals surface area contributed by atoms with Gasteiger partial charge in [-0.2, -0.15) is 4.99 Å². The van der Waals surface area contributed by atoms with E-state index in [4.69, 9.17) is 4.74 Å². The highest BCUT2D eigenvalue weighted by Crippen LogP contribution is 2.26. The zero-order valence-corrected chi connectivity index (χ0v) is 16.1. The van der Waals surface area contributed by atoms with Gasteiger partial charge in [-0.05, 0) is 31.2 Å². The molecule has 0 unspecified atom stereocenters. The highest BCUT2D eigenvalue weighted by atomic mass is 32.2. The Hall–Kier alpha value is -2.05. The van der Waals surface area contributed by atoms with Gasteiger partial charge in [0.2, 0.25) is 5.91 Å². The number of thiazole rings is 1. The van der Waals surface area contributed by atoms with Crippen LogP contribution in [0.5, 0.6) is 5.75 Å². The molecule has 0 radical (unpaired) electrons. The highest BCUT2D eigenvalue weighted by molar-refractivity contribution is 7.99. The minimum Gasteiger partial charge on any atom is -0.495 e. The molecule has 3 aromatic rings. The lowest BCUT2D eigenvalue weighted by Crippen LogP contribution is -2.13. The first-order valence-electron chi connectivity index (χ1n) is 7.98. The number of fused-ring (bicyclic) bond motifs is 1. The second kappa shape index (κ2) is 7.89. The van der Waals surface area contributed by atoms with E-state index < -0.39 is 0 Å². The number of benzene rings is 2. The second-order valence-electron chi connectivity index (χ2n) is 5.67. The number of thioether (sulfide) groups is 1. The Morgan fingerprint density at radius 1 is 1.24 bits per heavy atom. The summed E-state index contributed by atoms with van der Waals surface area (Å²) in [6, 6.07) is 14.2. The normalized spacial score (nSPS) is 11.9. The predicted molar refractivity (Wildman–Crippen MR) is 104 cm³/mol. The molecule has 0 N–H and O–H groups in total. The van der Waals surface area contributed by atoms with Gasteiger partial charge in [0.15, 0.2) is 4.80 Å². The minimum absolute atomic E-state index is 0.0965. The minimum atomic E-state index is -0.0965. The molecule has 0 atom stereocenters. The van der Waals surface area contributed by atoms with E-state index in [0.717, 1.165) is 21.7 Å². The van der Waals surface area contributed by atoms with E-state index in [0.29, 0.717) is 11.2 Å². The number of aromatic nitrogens is 1. The van der Waals surface area contributed by atoms with Crippen LogP contribution in [-0.4, -0.2) is 23.3 Å². The molecule has 25 heavy (non-hydrogen) atoms. The van der Waals surface area contributed by atoms with E-state index in [9.17, 15) is 4.79 Å². The van der Waals surface area contributed by atoms with Crippen molar-refractivity contribution >= 4 is 39.2 Å². The summed E-state index contributed by atoms with van der Waals surface area (Å²) in [5.74, 6) is 1.42. The molecule has 0 spiro atoms. The van der Waals surface area contributed by atoms with Crippen molar-refractivity contribution in [2.75, 3.05) is 12.9 Å². The summed E-state index contributed by atoms with van der Waals surface area (Å²) in [5.41, 5.74) is 2.21. The molecule has 0 saturated carbocycles. The van der Waals surface area contributed by atoms with Gasteiger partial charge < -0.3 is 9.30 Å². The SMILES string of the molecule is COc1cccc2sc(=NC(=O)CCSc3ccc(C)cc3)n(C)c12. The molecule has 0 aliphatic carbocycles. The maximum atomic E-state index is 12.2. The van der Waals surface area contributed by atoms with Crippen molar-refractivity contribution in [2.45, 2.75) is 18.2 Å². The van der Waals surface area contributed by atoms with E-state index in [-0.39, 0.29) is 5.91 Å². The van der Waals surface area contributed by atoms with Crippen LogP contribution in [0, 0.1) is 6.92 Å². The van der Waals surface area contributed by atoms with Crippen molar-refractivity contribution in [1.82, 2.24) is 4.57 Å². The van der Waals surface area contributed by atoms with Crippen molar-refractivity contribution in [3.8, 4) is 5.75 Å². The molecule has 130 valence electrons. The number of aryl methyl sites for hydroxylation is 2. The Labute approximate surface area is 155 Å². The molecule has 0 bridgehead atoms. The third kappa shape index (κ3) is 4.14. The fourth-order valence-electron chi connectivity index (χ4n) is 2.49. The van der Waals surface area contributed by atoms with Crippen LogP contribution in [0.4, 0.5) is 0 Å². The molecule has 0 aliphatic heterocycles. The molecule has 6 heteroatoms. The van der Waals surface area contributed by atoms with Gasteiger partial charge in [-0.1, -0.05) is 35.1 Å². The number of methoxy groups -OCH3 is 1. The van der Waals surface area contributed by atoms with Crippen LogP contribution >= 0.6 is 23.1 Å². The van der Waals surface area contributed by atoms with Crippen molar-refractivity contribution < 1.29 is 9.53 Å². The van der Waals surface area contributed by atoms with Crippen molar-refractivity contribution in [2.24, 2.45) is 12.0 Å². The topological polar surface area (TPSA) is 43.6 Å². The Kier molecular flexibility index (Phi) is 5.60. The molecule has 1 aromatic heterocycles. The molecular formula is C19H20N2O2S2. The van der Waals surface area contributed by atoms with Gasteiger partial charge in [0, 0.05) is 24.1 Å². The summed E-state index contributed by atoms with van der Waals surface area (Å²) >= 11 is 3.18. The summed E-state index contributed by atoms with van der Waals surface area (Å²) < 4.78 is 8.38. The number of hydrogen-bond acceptors (Lipinski definition) is 4. The first-order valence-corrected chi connectivity index (χ1v) is 9.78. The highest BCUT2D eigenvalue weighted by Gasteiger charge is 2.09. The van der Waals surface area contributed by atoms with Crippen LogP contribution in [0.1, 0.15) is 12.0 Å². The number of carbonyl (C=O) groups excluding carboxylic acids is 1. The number of amides is 1. The maximum Gasteiger partial charge on any atom is 0.249 e. The van der Waals surface area contributed by atoms with Crippen LogP contribution in [0.15, 0.2) is 52.4 Å². The molecule has 0 aliphatic rings. The third-order valence-corrected chi connectivity index (χ3v) is 5.94. The van der Waals surface area contributed by atoms with E-state index in [1.54, 1.807) is 18.9 Å². The van der Waals surface area contributed by atoms with Gasteiger partial charge in [-0.3, -0.25) is 4.79 Å². The standard InChI is InChI=1S/C19H20N2O2S2/c1-13-7-9-14(10-8-13)24-12-11-17(22)20-19-21(2)18-15(23-3)5-4-6-16(18)25-19/h4-10H,11-12H2,1-3H3. The summed E-state index contributed by atoms with van der Waals surface area (Å²) in [6.45, 7) is 2.07. The van der Waals surface area contributed by atoms with Gasteiger partial charge in [-0.25, -0.2) is 0 Å². The second-order valence-corrected chi connectivity index (χ2v) is 7.85. The van der Waals surface area contributed by atoms with Gasteiger partial charge in [0.05, 0.1) is 11.8 Å². The van der Waals surface area contributed by atoms with E-state index in [1.165, 1.54) is 21.8 Å². The molecule has 0 fully saturated rings. The van der Waals surface area contributed by atoms with Crippen molar-refractivity contribution in [1.29, 1.82) is 0 Å². The van der Waals surface area contributed by atoms with Crippen LogP contribution < -0.4 is 9.54 Å². The maximum absolute atomic E-state index is 12.2. The molecular weight excluding hydrogens is 352 g/mol. The molecule has 1 heterocycles. The number of ether oxygens (including phenoxy) is 1. The third-order valence-electron chi connectivity index (χ3n) is 3.83. The summed E-state index contributed by atoms with van der Waals surface area (Å²) in [6.07, 6.45) is 0.421. The zero-order valence-electron chi connectivity index (χ0n) is 14.5. The van der Waals surface area contributed by atoms with Crippen LogP contribution in [-0.2, 0) is 11.8 Å². The smallest absolute Gasteiger partial charge is 0.249 e. The van der Waals surface area contributed by atoms with Gasteiger partial charge >= 0.3 is 0 Å². The van der Waals surface area contributed by atoms with Crippen LogP contribution in [0.25, 0.3) is 10.2 Å². The first-order chi connectivity index (χ1) is 12.1. The predicted octanol–water partition coefficient (Wildman–Crippen LogP) is 4.17. The van der Waals surface area contributed by atoms with Gasteiger partial charge in [0.1, 0.15) is 11.3 Å². The number of rotatable bonds is 5. The Balaban J connectivity index is 1.72. The molecule has 1 amide bonds. The molecule has 3 rings (SSSR count). The average Bonchev–Trinajstić information content (AvgIpc) is 2.92. The molecule has 4 nitrogen and oxygen atoms in total. The largest absolute Gasteiger partial charge is 0.495 e. The number of carbonyl (C=O) groups is 1. The molecule has 2 aromatic carbocycles. The van der Waals surface area contributed by atoms with Crippen LogP contribution in [0.2, 0.25) is 0 Å². The lowest BCUT2D eigenvalue weighted by Gasteiger charge is -2.03. The fourth-order valence-corrected chi connectivity index (χ4v) is 4.39. The Morgan fingerprint density at radius 2 is 2.00 bits per heavy atom. The van der Waals surface area contributed by atoms with E-state index >= 15 is 0 Å². The van der Waals surface area contributed by atoms with Crippen LogP contribution in [0.3, 0.4) is 0 Å². The zero-order chi connectivity index (χ0) is 17.8. The summed E-state index contributed by atoms with van der Waals surface area (Å²) in [7, 11) is 3.56. The van der Waals surface area contributed by atoms with E-state index in [2.05, 4.69) is 36.2 Å². The lowest BCUT2D eigenvalue weighted by molar-refractivity contribution is -0.117. The average molecular weight is 373 g/mol. The lowest BCUT2D eigenvalue weighted by atomic mass is 10.2. The number of nitrogens with zero attached hydrogens (tertiary/aromatic N) is 2. The summed E-state index contributed by atoms with van der Waals surface area (Å²) in [5, 5.41) is 0. The quantitative estimate of drug-likeness (QED) is 0.632. The number of para-hydroxylation sites is 1. The fraction of sp³-hybridized carbons (Fsp3) is 0.263. The van der Waals surface area contributed by atoms with Gasteiger partial charge in [0.25, 0.3) is 0 Å². The van der Waals surface area contributed by atoms with Crippen molar-refractivity contribution in [3.63, 3.8) is 0 Å². The van der Waals surface area contributed by atoms with Crippen molar-refractivity contribution in [3.05, 3.63) is 52.8 Å².